The van der Waals surface area contributed by atoms with Gasteiger partial charge in [0, 0.05) is 0 Å². The quantitative estimate of drug-likeness (QED) is 0.233. The van der Waals surface area contributed by atoms with Crippen LogP contribution in [0.25, 0.3) is 0 Å². The van der Waals surface area contributed by atoms with Crippen LogP contribution in [0.15, 0.2) is 0 Å². The molecule has 0 heterocycles. The van der Waals surface area contributed by atoms with Gasteiger partial charge >= 0.3 is 29.3 Å². The third kappa shape index (κ3) is 55.0. The maximum Gasteiger partial charge on any atom is 3.00 e. The van der Waals surface area contributed by atoms with E-state index in [9.17, 15) is 0 Å². The van der Waals surface area contributed by atoms with E-state index in [1.54, 1.807) is 0 Å². The van der Waals surface area contributed by atoms with Gasteiger partial charge in [-0.25, -0.2) is 9.59 Å². The van der Waals surface area contributed by atoms with Gasteiger partial charge in [0.15, 0.2) is 0 Å². The van der Waals surface area contributed by atoms with Crippen molar-refractivity contribution < 1.29 is 39.0 Å². The Bertz CT molecular complexity index is 173. The smallest absolute Gasteiger partial charge is 0.822 e. The largest absolute Gasteiger partial charge is 3.00 e. The molecule has 0 radical (unpaired) electrons. The molecule has 0 atom stereocenters. The van der Waals surface area contributed by atoms with Crippen molar-refractivity contribution in [2.75, 3.05) is 0 Å². The fraction of sp³-hybridized carbons (Fsp3) is 0. The van der Waals surface area contributed by atoms with Crippen molar-refractivity contribution in [2.45, 2.75) is 0 Å². The average Bonchev–Trinajstić information content (AvgIpc) is 1.59. The predicted molar refractivity (Wildman–Crippen MR) is 28.6 cm³/mol. The van der Waals surface area contributed by atoms with Crippen molar-refractivity contribution >= 4 is 37.1 Å². The molecule has 0 saturated carbocycles. The summed E-state index contributed by atoms with van der Waals surface area (Å²) in [6.45, 7) is 0. The summed E-state index contributed by atoms with van der Waals surface area (Å²) in [7, 11) is -5.39. The third-order valence-corrected chi connectivity index (χ3v) is 0.183. The number of rotatable bonds is 0. The van der Waals surface area contributed by atoms with Crippen molar-refractivity contribution in [1.29, 1.82) is 0 Å². The van der Waals surface area contributed by atoms with E-state index in [1.807, 2.05) is 0 Å². The van der Waals surface area contributed by atoms with E-state index in [0.29, 0.717) is 0 Å². The van der Waals surface area contributed by atoms with Gasteiger partial charge in [-0.05, 0) is 0 Å². The summed E-state index contributed by atoms with van der Waals surface area (Å²) >= 11 is 0. The molecule has 10 heteroatoms. The maximum absolute atomic E-state index is 9.10. The zero-order chi connectivity index (χ0) is 9.65. The zero-order valence-corrected chi connectivity index (χ0v) is 7.42. The number of carboxylic acid groups (broad SMARTS) is 2. The monoisotopic (exact) mass is 212 g/mol. The molecule has 66 valence electrons. The van der Waals surface area contributed by atoms with Gasteiger partial charge in [0.1, 0.15) is 0 Å². The standard InChI is InChI=1S/C2H2O4.Al.H3O4P/c3-1(4)2(5)6;;1-5(2,3)4/h(H,3,4)(H,5,6);;(H3,1,2,3,4)/q;+3;/p-3. The van der Waals surface area contributed by atoms with Gasteiger partial charge in [0.2, 0.25) is 0 Å². The predicted octanol–water partition coefficient (Wildman–Crippen LogP) is -4.05. The summed E-state index contributed by atoms with van der Waals surface area (Å²) < 4.78 is 8.55. The summed E-state index contributed by atoms with van der Waals surface area (Å²) in [4.78, 5) is 43.8. The van der Waals surface area contributed by atoms with E-state index in [2.05, 4.69) is 0 Å². The molecule has 12 heavy (non-hydrogen) atoms. The Labute approximate surface area is 76.8 Å². The second-order valence-electron chi connectivity index (χ2n) is 1.06. The molecular weight excluding hydrogens is 210 g/mol. The molecule has 0 fully saturated rings. The van der Waals surface area contributed by atoms with E-state index in [-0.39, 0.29) is 17.4 Å². The number of hydrogen-bond acceptors (Lipinski definition) is 6. The Morgan fingerprint density at radius 2 is 1.08 bits per heavy atom. The van der Waals surface area contributed by atoms with Crippen molar-refractivity contribution in [1.82, 2.24) is 0 Å². The van der Waals surface area contributed by atoms with Crippen LogP contribution in [0.5, 0.6) is 0 Å². The van der Waals surface area contributed by atoms with Crippen LogP contribution in [-0.4, -0.2) is 39.5 Å². The van der Waals surface area contributed by atoms with Gasteiger partial charge in [-0.3, -0.25) is 0 Å². The first-order valence-corrected chi connectivity index (χ1v) is 3.30. The van der Waals surface area contributed by atoms with Crippen LogP contribution in [-0.2, 0) is 14.2 Å². The topological polar surface area (TPSA) is 161 Å². The number of carboxylic acids is 2. The molecule has 8 nitrogen and oxygen atoms in total. The SMILES string of the molecule is O=C(O)C(=O)O.O=P([O-])([O-])[O-].[Al+3]. The summed E-state index contributed by atoms with van der Waals surface area (Å²) in [5.74, 6) is -3.65. The van der Waals surface area contributed by atoms with Gasteiger partial charge in [0.25, 0.3) is 0 Å². The van der Waals surface area contributed by atoms with E-state index < -0.39 is 19.8 Å². The van der Waals surface area contributed by atoms with Gasteiger partial charge in [-0.15, -0.1) is 0 Å². The van der Waals surface area contributed by atoms with Crippen LogP contribution in [0.1, 0.15) is 0 Å². The molecule has 0 aliphatic rings. The molecule has 0 spiro atoms. The second-order valence-corrected chi connectivity index (χ2v) is 1.95. The van der Waals surface area contributed by atoms with Crippen molar-refractivity contribution in [2.24, 2.45) is 0 Å². The third-order valence-electron chi connectivity index (χ3n) is 0.183. The maximum atomic E-state index is 9.10. The van der Waals surface area contributed by atoms with Crippen LogP contribution in [0.3, 0.4) is 0 Å². The van der Waals surface area contributed by atoms with Crippen LogP contribution in [0.4, 0.5) is 0 Å². The molecule has 0 amide bonds. The minimum Gasteiger partial charge on any atom is -0.822 e. The molecule has 0 aliphatic heterocycles. The van der Waals surface area contributed by atoms with Crippen molar-refractivity contribution in [3.05, 3.63) is 0 Å². The molecule has 0 aromatic carbocycles. The summed E-state index contributed by atoms with van der Waals surface area (Å²) in [6.07, 6.45) is 0. The molecule has 0 aliphatic carbocycles. The number of hydrogen-bond donors (Lipinski definition) is 2. The molecular formula is C2H2AlO8P. The first-order valence-electron chi connectivity index (χ1n) is 1.84. The molecule has 0 bridgehead atoms. The molecule has 2 N–H and O–H groups in total. The van der Waals surface area contributed by atoms with Gasteiger partial charge in [-0.1, -0.05) is 0 Å². The summed E-state index contributed by atoms with van der Waals surface area (Å²) in [5.41, 5.74) is 0. The normalized spacial score (nSPS) is 8.58. The fourth-order valence-corrected chi connectivity index (χ4v) is 0. The number of phosphoric acid groups is 1. The van der Waals surface area contributed by atoms with E-state index in [4.69, 9.17) is 39.0 Å². The fourth-order valence-electron chi connectivity index (χ4n) is 0. The van der Waals surface area contributed by atoms with Crippen molar-refractivity contribution in [3.63, 3.8) is 0 Å². The van der Waals surface area contributed by atoms with Gasteiger partial charge < -0.3 is 29.5 Å². The Hall–Kier alpha value is -0.418. The first kappa shape index (κ1) is 17.6. The van der Waals surface area contributed by atoms with Crippen LogP contribution in [0, 0.1) is 0 Å². The number of aliphatic carboxylic acids is 2. The van der Waals surface area contributed by atoms with Gasteiger partial charge in [-0.2, -0.15) is 7.82 Å². The average molecular weight is 212 g/mol. The second kappa shape index (κ2) is 7.24. The molecule has 0 rings (SSSR count). The minimum absolute atomic E-state index is 0. The Morgan fingerprint density at radius 3 is 1.08 bits per heavy atom. The van der Waals surface area contributed by atoms with Crippen molar-refractivity contribution in [3.8, 4) is 0 Å². The molecule has 0 aromatic rings. The van der Waals surface area contributed by atoms with Crippen LogP contribution in [0.2, 0.25) is 0 Å². The van der Waals surface area contributed by atoms with Gasteiger partial charge in [0.05, 0.1) is 0 Å². The summed E-state index contributed by atoms with van der Waals surface area (Å²) in [5, 5.41) is 14.8. The Kier molecular flexibility index (Phi) is 10.6. The molecule has 0 aromatic heterocycles. The number of carbonyl (C=O) groups is 2. The Morgan fingerprint density at radius 1 is 1.00 bits per heavy atom. The van der Waals surface area contributed by atoms with E-state index >= 15 is 0 Å². The van der Waals surface area contributed by atoms with E-state index in [1.165, 1.54) is 0 Å². The zero-order valence-electron chi connectivity index (χ0n) is 5.37. The summed E-state index contributed by atoms with van der Waals surface area (Å²) in [6, 6.07) is 0. The van der Waals surface area contributed by atoms with Crippen LogP contribution < -0.4 is 14.7 Å². The molecule has 0 unspecified atom stereocenters. The Balaban J connectivity index is -0.000000126. The van der Waals surface area contributed by atoms with Crippen LogP contribution >= 0.6 is 7.82 Å². The first-order chi connectivity index (χ1) is 4.64. The minimum atomic E-state index is -5.39. The van der Waals surface area contributed by atoms with E-state index in [0.717, 1.165) is 0 Å². The molecule has 0 saturated heterocycles.